The first-order valence-corrected chi connectivity index (χ1v) is 6.29. The van der Waals surface area contributed by atoms with Gasteiger partial charge in [0.05, 0.1) is 0 Å². The van der Waals surface area contributed by atoms with Crippen molar-refractivity contribution in [3.8, 4) is 0 Å². The molecular formula is C8H10F9NO3S. The van der Waals surface area contributed by atoms with E-state index in [1.807, 2.05) is 0 Å². The van der Waals surface area contributed by atoms with Gasteiger partial charge in [0.15, 0.2) is 0 Å². The lowest BCUT2D eigenvalue weighted by Gasteiger charge is -2.31. The van der Waals surface area contributed by atoms with Crippen LogP contribution in [-0.2, 0) is 10.1 Å². The molecule has 0 atom stereocenters. The van der Waals surface area contributed by atoms with Gasteiger partial charge in [0.1, 0.15) is 6.42 Å². The van der Waals surface area contributed by atoms with Gasteiger partial charge >= 0.3 is 33.4 Å². The molecule has 0 aromatic carbocycles. The summed E-state index contributed by atoms with van der Waals surface area (Å²) in [5.41, 5.74) is 4.91. The molecule has 0 aliphatic rings. The standard InChI is InChI=1S/C5H3F9O3S.C3H7N/c6-2(7,1-3(8,9)10)4(11,12)5(13,14)18(15,16)17;1-2-3-4/h1H2,(H,15,16,17);2H,1,3-4H2. The molecule has 3 N–H and O–H groups in total. The normalized spacial score (nSPS) is 14.1. The number of halogens is 9. The first-order valence-electron chi connectivity index (χ1n) is 4.85. The summed E-state index contributed by atoms with van der Waals surface area (Å²) in [6.07, 6.45) is -7.99. The molecule has 134 valence electrons. The van der Waals surface area contributed by atoms with Crippen molar-refractivity contribution in [1.29, 1.82) is 0 Å². The van der Waals surface area contributed by atoms with Crippen LogP contribution < -0.4 is 5.73 Å². The average molecular weight is 371 g/mol. The van der Waals surface area contributed by atoms with Crippen LogP contribution in [0.3, 0.4) is 0 Å². The number of rotatable bonds is 5. The van der Waals surface area contributed by atoms with Gasteiger partial charge in [-0.1, -0.05) is 6.08 Å². The molecule has 0 rings (SSSR count). The third kappa shape index (κ3) is 5.64. The molecule has 0 amide bonds. The van der Waals surface area contributed by atoms with Crippen molar-refractivity contribution in [3.63, 3.8) is 0 Å². The smallest absolute Gasteiger partial charge is 0.327 e. The van der Waals surface area contributed by atoms with Crippen LogP contribution in [0.1, 0.15) is 6.42 Å². The minimum Gasteiger partial charge on any atom is -0.327 e. The maximum atomic E-state index is 12.5. The molecule has 0 saturated carbocycles. The molecule has 0 spiro atoms. The highest BCUT2D eigenvalue weighted by atomic mass is 32.2. The molecule has 0 radical (unpaired) electrons. The lowest BCUT2D eigenvalue weighted by atomic mass is 10.1. The Bertz CT molecular complexity index is 472. The van der Waals surface area contributed by atoms with Gasteiger partial charge in [-0.3, -0.25) is 4.55 Å². The van der Waals surface area contributed by atoms with Crippen molar-refractivity contribution in [1.82, 2.24) is 0 Å². The van der Waals surface area contributed by atoms with E-state index in [0.29, 0.717) is 6.54 Å². The van der Waals surface area contributed by atoms with Crippen LogP contribution in [0.5, 0.6) is 0 Å². The van der Waals surface area contributed by atoms with Crippen LogP contribution in [-0.4, -0.2) is 42.8 Å². The molecular weight excluding hydrogens is 361 g/mol. The lowest BCUT2D eigenvalue weighted by molar-refractivity contribution is -0.309. The van der Waals surface area contributed by atoms with E-state index in [1.165, 1.54) is 0 Å². The Hall–Kier alpha value is -1.02. The van der Waals surface area contributed by atoms with Gasteiger partial charge in [0.2, 0.25) is 0 Å². The van der Waals surface area contributed by atoms with Gasteiger partial charge in [0, 0.05) is 6.54 Å². The molecule has 22 heavy (non-hydrogen) atoms. The van der Waals surface area contributed by atoms with Gasteiger partial charge in [-0.25, -0.2) is 0 Å². The largest absolute Gasteiger partial charge is 0.437 e. The third-order valence-corrected chi connectivity index (χ3v) is 2.64. The molecule has 0 aromatic rings. The molecule has 0 saturated heterocycles. The molecule has 0 bridgehead atoms. The minimum atomic E-state index is -7.03. The third-order valence-electron chi connectivity index (χ3n) is 1.74. The predicted molar refractivity (Wildman–Crippen MR) is 56.3 cm³/mol. The number of hydrogen-bond acceptors (Lipinski definition) is 3. The molecule has 0 fully saturated rings. The van der Waals surface area contributed by atoms with Crippen molar-refractivity contribution in [2.24, 2.45) is 5.73 Å². The maximum absolute atomic E-state index is 12.5. The SMILES string of the molecule is C=CCN.O=S(=O)(O)C(F)(F)C(F)(F)C(F)(F)CC(F)(F)F. The van der Waals surface area contributed by atoms with Crippen LogP contribution in [0.2, 0.25) is 0 Å². The Morgan fingerprint density at radius 3 is 1.50 bits per heavy atom. The van der Waals surface area contributed by atoms with Crippen LogP contribution in [0, 0.1) is 0 Å². The summed E-state index contributed by atoms with van der Waals surface area (Å²) in [7, 11) is -7.03. The van der Waals surface area contributed by atoms with E-state index in [9.17, 15) is 47.9 Å². The summed E-state index contributed by atoms with van der Waals surface area (Å²) in [5, 5.41) is -6.77. The summed E-state index contributed by atoms with van der Waals surface area (Å²) in [4.78, 5) is 0. The van der Waals surface area contributed by atoms with Crippen molar-refractivity contribution in [2.45, 2.75) is 29.7 Å². The fraction of sp³-hybridized carbons (Fsp3) is 0.750. The monoisotopic (exact) mass is 371 g/mol. The topological polar surface area (TPSA) is 80.4 Å². The quantitative estimate of drug-likeness (QED) is 0.443. The highest BCUT2D eigenvalue weighted by Gasteiger charge is 2.78. The van der Waals surface area contributed by atoms with Gasteiger partial charge < -0.3 is 5.73 Å². The van der Waals surface area contributed by atoms with Gasteiger partial charge in [-0.15, -0.1) is 6.58 Å². The first-order chi connectivity index (χ1) is 9.37. The van der Waals surface area contributed by atoms with E-state index < -0.39 is 39.8 Å². The highest BCUT2D eigenvalue weighted by Crippen LogP contribution is 2.51. The van der Waals surface area contributed by atoms with Crippen molar-refractivity contribution < 1.29 is 52.5 Å². The van der Waals surface area contributed by atoms with E-state index in [4.69, 9.17) is 10.3 Å². The fourth-order valence-electron chi connectivity index (χ4n) is 0.738. The Morgan fingerprint density at radius 2 is 1.32 bits per heavy atom. The van der Waals surface area contributed by atoms with Crippen molar-refractivity contribution >= 4 is 10.1 Å². The summed E-state index contributed by atoms with van der Waals surface area (Å²) in [6.45, 7) is 3.94. The van der Waals surface area contributed by atoms with Gasteiger partial charge in [-0.05, 0) is 0 Å². The zero-order valence-electron chi connectivity index (χ0n) is 10.3. The molecule has 0 unspecified atom stereocenters. The lowest BCUT2D eigenvalue weighted by Crippen LogP contribution is -2.58. The molecule has 0 aromatic heterocycles. The number of hydrogen-bond donors (Lipinski definition) is 2. The molecule has 0 heterocycles. The van der Waals surface area contributed by atoms with E-state index in [0.717, 1.165) is 0 Å². The molecule has 14 heteroatoms. The minimum absolute atomic E-state index is 0.583. The van der Waals surface area contributed by atoms with Crippen molar-refractivity contribution in [3.05, 3.63) is 12.7 Å². The maximum Gasteiger partial charge on any atom is 0.437 e. The average Bonchev–Trinajstić information content (AvgIpc) is 2.24. The zero-order valence-corrected chi connectivity index (χ0v) is 11.2. The van der Waals surface area contributed by atoms with Crippen molar-refractivity contribution in [2.75, 3.05) is 6.54 Å². The summed E-state index contributed by atoms with van der Waals surface area (Å²) >= 11 is 0. The number of alkyl halides is 9. The molecule has 0 aliphatic carbocycles. The Kier molecular flexibility index (Phi) is 7.44. The molecule has 0 aliphatic heterocycles. The first kappa shape index (κ1) is 23.2. The second kappa shape index (κ2) is 7.04. The fourth-order valence-corrected chi connectivity index (χ4v) is 1.21. The summed E-state index contributed by atoms with van der Waals surface area (Å²) in [6, 6.07) is 0. The highest BCUT2D eigenvalue weighted by molar-refractivity contribution is 7.87. The van der Waals surface area contributed by atoms with E-state index >= 15 is 0 Å². The second-order valence-electron chi connectivity index (χ2n) is 3.59. The van der Waals surface area contributed by atoms with Crippen LogP contribution in [0.25, 0.3) is 0 Å². The summed E-state index contributed by atoms with van der Waals surface area (Å²) in [5.74, 6) is -13.4. The Morgan fingerprint density at radius 1 is 1.00 bits per heavy atom. The van der Waals surface area contributed by atoms with E-state index in [2.05, 4.69) is 6.58 Å². The van der Waals surface area contributed by atoms with Gasteiger partial charge in [-0.2, -0.15) is 47.9 Å². The van der Waals surface area contributed by atoms with Crippen LogP contribution in [0.4, 0.5) is 39.5 Å². The van der Waals surface area contributed by atoms with E-state index in [1.54, 1.807) is 6.08 Å². The second-order valence-corrected chi connectivity index (χ2v) is 5.05. The Labute approximate surface area is 118 Å². The Balaban J connectivity index is 0. The summed E-state index contributed by atoms with van der Waals surface area (Å²) < 4.78 is 136. The van der Waals surface area contributed by atoms with Crippen LogP contribution >= 0.6 is 0 Å². The van der Waals surface area contributed by atoms with Crippen LogP contribution in [0.15, 0.2) is 12.7 Å². The van der Waals surface area contributed by atoms with Gasteiger partial charge in [0.25, 0.3) is 0 Å². The molecule has 4 nitrogen and oxygen atoms in total. The predicted octanol–water partition coefficient (Wildman–Crippen LogP) is 2.82. The number of nitrogens with two attached hydrogens (primary N) is 1. The zero-order chi connectivity index (χ0) is 18.6. The van der Waals surface area contributed by atoms with E-state index in [-0.39, 0.29) is 0 Å².